The Bertz CT molecular complexity index is 504. The van der Waals surface area contributed by atoms with E-state index in [9.17, 15) is 9.59 Å². The first-order valence-electron chi connectivity index (χ1n) is 5.45. The maximum atomic E-state index is 11.5. The Labute approximate surface area is 119 Å². The highest BCUT2D eigenvalue weighted by Gasteiger charge is 2.13. The molecule has 2 aromatic rings. The van der Waals surface area contributed by atoms with Crippen LogP contribution in [0.2, 0.25) is 0 Å². The number of hydrogen-bond acceptors (Lipinski definition) is 5. The molecule has 0 heterocycles. The second kappa shape index (κ2) is 7.01. The molecule has 0 aromatic heterocycles. The van der Waals surface area contributed by atoms with Crippen molar-refractivity contribution in [1.29, 1.82) is 0 Å². The molecule has 0 amide bonds. The topological polar surface area (TPSA) is 43.4 Å². The highest BCUT2D eigenvalue weighted by Crippen LogP contribution is 2.24. The van der Waals surface area contributed by atoms with Crippen molar-refractivity contribution in [3.63, 3.8) is 0 Å². The molecule has 0 aliphatic carbocycles. The lowest BCUT2D eigenvalue weighted by atomic mass is 10.4. The van der Waals surface area contributed by atoms with Gasteiger partial charge in [-0.15, -0.1) is 0 Å². The third kappa shape index (κ3) is 4.81. The molecule has 2 aromatic carbocycles. The summed E-state index contributed by atoms with van der Waals surface area (Å²) in [7, 11) is 0. The van der Waals surface area contributed by atoms with E-state index in [2.05, 4.69) is 0 Å². The molecule has 0 bridgehead atoms. The van der Waals surface area contributed by atoms with Crippen LogP contribution >= 0.6 is 23.5 Å². The van der Waals surface area contributed by atoms with Gasteiger partial charge in [0.2, 0.25) is 0 Å². The van der Waals surface area contributed by atoms with Gasteiger partial charge in [-0.25, -0.2) is 9.59 Å². The molecule has 0 atom stereocenters. The van der Waals surface area contributed by atoms with Crippen molar-refractivity contribution in [2.75, 3.05) is 0 Å². The molecule has 0 aliphatic heterocycles. The Morgan fingerprint density at radius 3 is 1.42 bits per heavy atom. The van der Waals surface area contributed by atoms with Crippen molar-refractivity contribution in [2.24, 2.45) is 0 Å². The molecule has 0 saturated heterocycles. The molecule has 0 N–H and O–H groups in total. The molecule has 96 valence electrons. The first kappa shape index (κ1) is 13.7. The summed E-state index contributed by atoms with van der Waals surface area (Å²) >= 11 is 1.77. The van der Waals surface area contributed by atoms with Crippen LogP contribution in [-0.4, -0.2) is 10.6 Å². The van der Waals surface area contributed by atoms with Crippen LogP contribution < -0.4 is 0 Å². The van der Waals surface area contributed by atoms with E-state index in [0.29, 0.717) is 0 Å². The van der Waals surface area contributed by atoms with Crippen LogP contribution in [0.25, 0.3) is 0 Å². The zero-order chi connectivity index (χ0) is 13.5. The van der Waals surface area contributed by atoms with Crippen molar-refractivity contribution in [1.82, 2.24) is 0 Å². The summed E-state index contributed by atoms with van der Waals surface area (Å²) in [5.41, 5.74) is 0. The average Bonchev–Trinajstić information content (AvgIpc) is 2.40. The van der Waals surface area contributed by atoms with Crippen LogP contribution in [-0.2, 0) is 4.74 Å². The Balaban J connectivity index is 1.84. The molecule has 0 saturated carbocycles. The van der Waals surface area contributed by atoms with Crippen LogP contribution in [0, 0.1) is 0 Å². The van der Waals surface area contributed by atoms with Crippen molar-refractivity contribution in [3.05, 3.63) is 60.7 Å². The summed E-state index contributed by atoms with van der Waals surface area (Å²) in [5.74, 6) is 0. The van der Waals surface area contributed by atoms with Gasteiger partial charge in [0.25, 0.3) is 0 Å². The predicted molar refractivity (Wildman–Crippen MR) is 76.5 cm³/mol. The second-order valence-electron chi connectivity index (χ2n) is 3.43. The number of thioether (sulfide) groups is 2. The number of hydrogen-bond donors (Lipinski definition) is 0. The monoisotopic (exact) mass is 290 g/mol. The first-order valence-corrected chi connectivity index (χ1v) is 7.09. The van der Waals surface area contributed by atoms with Crippen LogP contribution in [0.15, 0.2) is 70.5 Å². The lowest BCUT2D eigenvalue weighted by Crippen LogP contribution is -2.01. The third-order valence-corrected chi connectivity index (χ3v) is 3.57. The van der Waals surface area contributed by atoms with Crippen LogP contribution in [0.3, 0.4) is 0 Å². The molecular formula is C14H10O3S2. The molecule has 0 unspecified atom stereocenters. The molecule has 3 nitrogen and oxygen atoms in total. The van der Waals surface area contributed by atoms with E-state index in [1.807, 2.05) is 36.4 Å². The number of rotatable bonds is 2. The van der Waals surface area contributed by atoms with E-state index in [4.69, 9.17) is 4.74 Å². The number of benzene rings is 2. The first-order chi connectivity index (χ1) is 9.24. The second-order valence-corrected chi connectivity index (χ2v) is 5.45. The fourth-order valence-electron chi connectivity index (χ4n) is 1.28. The normalized spacial score (nSPS) is 9.89. The zero-order valence-electron chi connectivity index (χ0n) is 9.81. The summed E-state index contributed by atoms with van der Waals surface area (Å²) in [6, 6.07) is 18.1. The Kier molecular flexibility index (Phi) is 5.06. The summed E-state index contributed by atoms with van der Waals surface area (Å²) in [5, 5.41) is -1.25. The van der Waals surface area contributed by atoms with Gasteiger partial charge in [-0.1, -0.05) is 36.4 Å². The maximum absolute atomic E-state index is 11.5. The van der Waals surface area contributed by atoms with Gasteiger partial charge < -0.3 is 4.74 Å². The summed E-state index contributed by atoms with van der Waals surface area (Å²) in [6.07, 6.45) is 0. The minimum absolute atomic E-state index is 0.625. The maximum Gasteiger partial charge on any atom is 0.380 e. The number of carbonyl (C=O) groups is 2. The standard InChI is InChI=1S/C14H10O3S2/c15-13(18-11-7-3-1-4-8-11)17-14(16)19-12-9-5-2-6-10-12/h1-10H. The quantitative estimate of drug-likeness (QED) is 0.450. The SMILES string of the molecule is O=C(OC(=O)Sc1ccccc1)Sc1ccccc1. The van der Waals surface area contributed by atoms with E-state index < -0.39 is 10.6 Å². The number of ether oxygens (including phenoxy) is 1. The third-order valence-electron chi connectivity index (χ3n) is 2.06. The molecule has 0 radical (unpaired) electrons. The summed E-state index contributed by atoms with van der Waals surface area (Å²) in [6.45, 7) is 0. The molecule has 0 spiro atoms. The van der Waals surface area contributed by atoms with E-state index >= 15 is 0 Å². The van der Waals surface area contributed by atoms with Crippen molar-refractivity contribution >= 4 is 34.1 Å². The largest absolute Gasteiger partial charge is 0.380 e. The zero-order valence-corrected chi connectivity index (χ0v) is 11.4. The van der Waals surface area contributed by atoms with E-state index in [1.54, 1.807) is 24.3 Å². The molecule has 0 aliphatic rings. The van der Waals surface area contributed by atoms with Crippen molar-refractivity contribution in [2.45, 2.75) is 9.79 Å². The fourth-order valence-corrected chi connectivity index (χ4v) is 2.54. The Morgan fingerprint density at radius 2 is 1.05 bits per heavy atom. The van der Waals surface area contributed by atoms with E-state index in [1.165, 1.54) is 0 Å². The van der Waals surface area contributed by atoms with Crippen LogP contribution in [0.1, 0.15) is 0 Å². The van der Waals surface area contributed by atoms with Gasteiger partial charge in [-0.2, -0.15) is 0 Å². The predicted octanol–water partition coefficient (Wildman–Crippen LogP) is 4.83. The Hall–Kier alpha value is -1.72. The fraction of sp³-hybridized carbons (Fsp3) is 0. The van der Waals surface area contributed by atoms with Gasteiger partial charge in [-0.3, -0.25) is 0 Å². The molecule has 2 rings (SSSR count). The summed E-state index contributed by atoms with van der Waals surface area (Å²) in [4.78, 5) is 24.5. The summed E-state index contributed by atoms with van der Waals surface area (Å²) < 4.78 is 4.71. The molecular weight excluding hydrogens is 280 g/mol. The smallest absolute Gasteiger partial charge is 0.376 e. The lowest BCUT2D eigenvalue weighted by Gasteiger charge is -2.02. The van der Waals surface area contributed by atoms with Gasteiger partial charge >= 0.3 is 10.6 Å². The minimum atomic E-state index is -0.625. The molecule has 5 heteroatoms. The van der Waals surface area contributed by atoms with E-state index in [0.717, 1.165) is 33.3 Å². The van der Waals surface area contributed by atoms with Gasteiger partial charge in [0, 0.05) is 9.79 Å². The molecule has 0 fully saturated rings. The van der Waals surface area contributed by atoms with Gasteiger partial charge in [-0.05, 0) is 47.8 Å². The minimum Gasteiger partial charge on any atom is -0.376 e. The van der Waals surface area contributed by atoms with Crippen molar-refractivity contribution < 1.29 is 14.3 Å². The van der Waals surface area contributed by atoms with Gasteiger partial charge in [0.05, 0.1) is 0 Å². The average molecular weight is 290 g/mol. The highest BCUT2D eigenvalue weighted by atomic mass is 32.2. The highest BCUT2D eigenvalue weighted by molar-refractivity contribution is 8.15. The van der Waals surface area contributed by atoms with Crippen LogP contribution in [0.4, 0.5) is 9.59 Å². The number of carbonyl (C=O) groups excluding carboxylic acids is 2. The van der Waals surface area contributed by atoms with Crippen LogP contribution in [0.5, 0.6) is 0 Å². The lowest BCUT2D eigenvalue weighted by molar-refractivity contribution is 0.187. The molecule has 19 heavy (non-hydrogen) atoms. The van der Waals surface area contributed by atoms with Crippen molar-refractivity contribution in [3.8, 4) is 0 Å². The van der Waals surface area contributed by atoms with E-state index in [-0.39, 0.29) is 0 Å². The Morgan fingerprint density at radius 1 is 0.684 bits per heavy atom. The van der Waals surface area contributed by atoms with Gasteiger partial charge in [0.15, 0.2) is 0 Å². The van der Waals surface area contributed by atoms with Gasteiger partial charge in [0.1, 0.15) is 0 Å².